The molecule has 0 aliphatic heterocycles. The average molecular weight is 311 g/mol. The first-order chi connectivity index (χ1) is 9.60. The fraction of sp³-hybridized carbons (Fsp3) is 0.143. The van der Waals surface area contributed by atoms with Crippen LogP contribution < -0.4 is 10.1 Å². The van der Waals surface area contributed by atoms with E-state index in [9.17, 15) is 4.79 Å². The summed E-state index contributed by atoms with van der Waals surface area (Å²) in [5.74, 6) is 0.357. The Kier molecular flexibility index (Phi) is 4.82. The van der Waals surface area contributed by atoms with Crippen LogP contribution in [-0.2, 0) is 6.54 Å². The first-order valence-electron chi connectivity index (χ1n) is 5.83. The van der Waals surface area contributed by atoms with E-state index in [-0.39, 0.29) is 21.8 Å². The predicted octanol–water partition coefficient (Wildman–Crippen LogP) is 3.33. The zero-order chi connectivity index (χ0) is 14.5. The zero-order valence-electron chi connectivity index (χ0n) is 10.7. The molecule has 1 N–H and O–H groups in total. The van der Waals surface area contributed by atoms with Crippen LogP contribution in [0.15, 0.2) is 36.4 Å². The summed E-state index contributed by atoms with van der Waals surface area (Å²) in [5.41, 5.74) is 1.03. The highest BCUT2D eigenvalue weighted by molar-refractivity contribution is 6.34. The Labute approximate surface area is 126 Å². The Morgan fingerprint density at radius 2 is 2.10 bits per heavy atom. The van der Waals surface area contributed by atoms with E-state index in [4.69, 9.17) is 27.9 Å². The highest BCUT2D eigenvalue weighted by Crippen LogP contribution is 2.17. The third-order valence-corrected chi connectivity index (χ3v) is 3.13. The Hall–Kier alpha value is -1.78. The lowest BCUT2D eigenvalue weighted by atomic mass is 10.2. The van der Waals surface area contributed by atoms with Crippen molar-refractivity contribution in [3.63, 3.8) is 0 Å². The molecule has 1 aromatic heterocycles. The molecule has 104 valence electrons. The van der Waals surface area contributed by atoms with Crippen molar-refractivity contribution in [3.05, 3.63) is 57.8 Å². The minimum atomic E-state index is -0.375. The minimum absolute atomic E-state index is 0.113. The smallest absolute Gasteiger partial charge is 0.271 e. The lowest BCUT2D eigenvalue weighted by Crippen LogP contribution is -2.24. The van der Waals surface area contributed by atoms with Crippen LogP contribution in [0.1, 0.15) is 16.1 Å². The number of rotatable bonds is 4. The van der Waals surface area contributed by atoms with E-state index in [1.807, 2.05) is 24.3 Å². The number of halogens is 2. The van der Waals surface area contributed by atoms with Crippen molar-refractivity contribution >= 4 is 29.1 Å². The van der Waals surface area contributed by atoms with Gasteiger partial charge < -0.3 is 10.1 Å². The van der Waals surface area contributed by atoms with Crippen LogP contribution in [0.3, 0.4) is 0 Å². The summed E-state index contributed by atoms with van der Waals surface area (Å²) in [6, 6.07) is 10.5. The molecule has 1 heterocycles. The summed E-state index contributed by atoms with van der Waals surface area (Å²) in [4.78, 5) is 15.9. The van der Waals surface area contributed by atoms with E-state index < -0.39 is 0 Å². The standard InChI is InChI=1S/C14H12Cl2N2O2/c1-20-10-4-2-3-9(7-10)8-17-14(19)13-11(15)5-6-12(16)18-13/h2-7H,8H2,1H3,(H,17,19). The van der Waals surface area contributed by atoms with Gasteiger partial charge in [-0.3, -0.25) is 4.79 Å². The maximum Gasteiger partial charge on any atom is 0.271 e. The fourth-order valence-electron chi connectivity index (χ4n) is 1.63. The normalized spacial score (nSPS) is 10.2. The first-order valence-corrected chi connectivity index (χ1v) is 6.59. The minimum Gasteiger partial charge on any atom is -0.497 e. The van der Waals surface area contributed by atoms with Gasteiger partial charge in [-0.15, -0.1) is 0 Å². The molecule has 0 aliphatic rings. The number of nitrogens with zero attached hydrogens (tertiary/aromatic N) is 1. The molecule has 1 aromatic carbocycles. The van der Waals surface area contributed by atoms with Crippen LogP contribution >= 0.6 is 23.2 Å². The van der Waals surface area contributed by atoms with E-state index >= 15 is 0 Å². The number of pyridine rings is 1. The van der Waals surface area contributed by atoms with E-state index in [1.165, 1.54) is 12.1 Å². The number of carbonyl (C=O) groups is 1. The van der Waals surface area contributed by atoms with Crippen molar-refractivity contribution in [1.29, 1.82) is 0 Å². The van der Waals surface area contributed by atoms with Gasteiger partial charge in [-0.25, -0.2) is 4.98 Å². The monoisotopic (exact) mass is 310 g/mol. The van der Waals surface area contributed by atoms with Gasteiger partial charge in [-0.05, 0) is 29.8 Å². The summed E-state index contributed by atoms with van der Waals surface area (Å²) in [6.45, 7) is 0.348. The maximum absolute atomic E-state index is 12.0. The van der Waals surface area contributed by atoms with Gasteiger partial charge in [0.2, 0.25) is 0 Å². The third kappa shape index (κ3) is 3.62. The second-order valence-corrected chi connectivity index (χ2v) is 4.79. The molecule has 0 bridgehead atoms. The number of benzene rings is 1. The number of methoxy groups -OCH3 is 1. The molecule has 4 nitrogen and oxygen atoms in total. The molecule has 1 amide bonds. The molecule has 2 aromatic rings. The van der Waals surface area contributed by atoms with Crippen molar-refractivity contribution < 1.29 is 9.53 Å². The molecular weight excluding hydrogens is 299 g/mol. The first kappa shape index (κ1) is 14.6. The Morgan fingerprint density at radius 1 is 1.30 bits per heavy atom. The van der Waals surface area contributed by atoms with Crippen molar-refractivity contribution in [2.45, 2.75) is 6.54 Å². The molecule has 0 saturated carbocycles. The van der Waals surface area contributed by atoms with E-state index in [2.05, 4.69) is 10.3 Å². The van der Waals surface area contributed by atoms with Crippen LogP contribution in [0, 0.1) is 0 Å². The van der Waals surface area contributed by atoms with E-state index in [0.717, 1.165) is 11.3 Å². The highest BCUT2D eigenvalue weighted by atomic mass is 35.5. The second kappa shape index (κ2) is 6.59. The number of aromatic nitrogens is 1. The lowest BCUT2D eigenvalue weighted by molar-refractivity contribution is 0.0946. The number of hydrogen-bond acceptors (Lipinski definition) is 3. The van der Waals surface area contributed by atoms with Gasteiger partial charge in [0.15, 0.2) is 0 Å². The van der Waals surface area contributed by atoms with Crippen LogP contribution in [0.25, 0.3) is 0 Å². The molecule has 0 atom stereocenters. The Balaban J connectivity index is 2.06. The summed E-state index contributed by atoms with van der Waals surface area (Å²) in [5, 5.41) is 3.22. The predicted molar refractivity (Wildman–Crippen MR) is 78.4 cm³/mol. The van der Waals surface area contributed by atoms with Crippen molar-refractivity contribution in [1.82, 2.24) is 10.3 Å². The molecule has 0 spiro atoms. The molecule has 0 unspecified atom stereocenters. The fourth-order valence-corrected chi connectivity index (χ4v) is 1.96. The van der Waals surface area contributed by atoms with Gasteiger partial charge in [-0.1, -0.05) is 35.3 Å². The topological polar surface area (TPSA) is 51.2 Å². The second-order valence-electron chi connectivity index (χ2n) is 4.00. The van der Waals surface area contributed by atoms with Crippen molar-refractivity contribution in [2.75, 3.05) is 7.11 Å². The van der Waals surface area contributed by atoms with Crippen LogP contribution in [0.4, 0.5) is 0 Å². The van der Waals surface area contributed by atoms with E-state index in [0.29, 0.717) is 6.54 Å². The summed E-state index contributed by atoms with van der Waals surface area (Å²) >= 11 is 11.7. The number of hydrogen-bond donors (Lipinski definition) is 1. The molecule has 0 saturated heterocycles. The maximum atomic E-state index is 12.0. The van der Waals surface area contributed by atoms with E-state index in [1.54, 1.807) is 7.11 Å². The van der Waals surface area contributed by atoms with Crippen molar-refractivity contribution in [2.24, 2.45) is 0 Å². The van der Waals surface area contributed by atoms with Gasteiger partial charge in [0.1, 0.15) is 16.6 Å². The van der Waals surface area contributed by atoms with Gasteiger partial charge in [0.05, 0.1) is 12.1 Å². The molecule has 6 heteroatoms. The lowest BCUT2D eigenvalue weighted by Gasteiger charge is -2.07. The number of carbonyl (C=O) groups excluding carboxylic acids is 1. The summed E-state index contributed by atoms with van der Waals surface area (Å²) in [7, 11) is 1.59. The number of nitrogens with one attached hydrogen (secondary N) is 1. The number of amides is 1. The molecule has 0 radical (unpaired) electrons. The van der Waals surface area contributed by atoms with Crippen LogP contribution in [-0.4, -0.2) is 18.0 Å². The molecular formula is C14H12Cl2N2O2. The Morgan fingerprint density at radius 3 is 2.85 bits per heavy atom. The van der Waals surface area contributed by atoms with Crippen LogP contribution in [0.2, 0.25) is 10.2 Å². The third-order valence-electron chi connectivity index (χ3n) is 2.61. The summed E-state index contributed by atoms with van der Waals surface area (Å²) < 4.78 is 5.12. The quantitative estimate of drug-likeness (QED) is 0.881. The molecule has 0 fully saturated rings. The van der Waals surface area contributed by atoms with Gasteiger partial charge in [0, 0.05) is 6.54 Å². The molecule has 0 aliphatic carbocycles. The SMILES string of the molecule is COc1cccc(CNC(=O)c2nc(Cl)ccc2Cl)c1. The van der Waals surface area contributed by atoms with Gasteiger partial charge in [0.25, 0.3) is 5.91 Å². The largest absolute Gasteiger partial charge is 0.497 e. The average Bonchev–Trinajstić information content (AvgIpc) is 2.47. The zero-order valence-corrected chi connectivity index (χ0v) is 12.2. The van der Waals surface area contributed by atoms with Crippen molar-refractivity contribution in [3.8, 4) is 5.75 Å². The molecule has 20 heavy (non-hydrogen) atoms. The molecule has 2 rings (SSSR count). The van der Waals surface area contributed by atoms with Crippen LogP contribution in [0.5, 0.6) is 5.75 Å². The van der Waals surface area contributed by atoms with Gasteiger partial charge in [-0.2, -0.15) is 0 Å². The summed E-state index contributed by atoms with van der Waals surface area (Å²) in [6.07, 6.45) is 0. The Bertz CT molecular complexity index is 632. The number of ether oxygens (including phenoxy) is 1. The highest BCUT2D eigenvalue weighted by Gasteiger charge is 2.12. The van der Waals surface area contributed by atoms with Gasteiger partial charge >= 0.3 is 0 Å².